The summed E-state index contributed by atoms with van der Waals surface area (Å²) < 4.78 is 5.50. The Labute approximate surface area is 91.8 Å². The second-order valence-corrected chi connectivity index (χ2v) is 4.88. The van der Waals surface area contributed by atoms with Crippen LogP contribution >= 0.6 is 0 Å². The van der Waals surface area contributed by atoms with Crippen molar-refractivity contribution >= 4 is 5.97 Å². The molecular formula is C11H23NO3. The Hall–Kier alpha value is -0.610. The molecule has 0 rings (SSSR count). The molecular weight excluding hydrogens is 194 g/mol. The minimum Gasteiger partial charge on any atom is -0.480 e. The van der Waals surface area contributed by atoms with Gasteiger partial charge in [0.15, 0.2) is 0 Å². The summed E-state index contributed by atoms with van der Waals surface area (Å²) in [5, 5.41) is 8.93. The minimum absolute atomic E-state index is 0.174. The van der Waals surface area contributed by atoms with E-state index < -0.39 is 11.5 Å². The lowest BCUT2D eigenvalue weighted by Gasteiger charge is -2.24. The van der Waals surface area contributed by atoms with E-state index in [-0.39, 0.29) is 5.60 Å². The molecule has 0 fully saturated rings. The van der Waals surface area contributed by atoms with Crippen molar-refractivity contribution in [2.45, 2.75) is 58.1 Å². The van der Waals surface area contributed by atoms with Gasteiger partial charge in [0.2, 0.25) is 0 Å². The molecule has 3 N–H and O–H groups in total. The van der Waals surface area contributed by atoms with Crippen molar-refractivity contribution in [3.05, 3.63) is 0 Å². The van der Waals surface area contributed by atoms with E-state index in [1.165, 1.54) is 0 Å². The number of carboxylic acids is 1. The number of carbonyl (C=O) groups is 1. The molecule has 0 bridgehead atoms. The molecule has 4 heteroatoms. The average Bonchev–Trinajstić information content (AvgIpc) is 2.10. The fourth-order valence-corrected chi connectivity index (χ4v) is 1.20. The summed E-state index contributed by atoms with van der Waals surface area (Å²) in [6, 6.07) is 0. The lowest BCUT2D eigenvalue weighted by Crippen LogP contribution is -2.47. The first kappa shape index (κ1) is 14.4. The van der Waals surface area contributed by atoms with Crippen molar-refractivity contribution in [2.24, 2.45) is 5.73 Å². The highest BCUT2D eigenvalue weighted by Gasteiger charge is 2.31. The third-order valence-electron chi connectivity index (χ3n) is 2.36. The Kier molecular flexibility index (Phi) is 5.24. The molecule has 0 aromatic rings. The molecule has 4 nitrogen and oxygen atoms in total. The summed E-state index contributed by atoms with van der Waals surface area (Å²) in [4.78, 5) is 10.9. The maximum atomic E-state index is 10.9. The number of carboxylic acid groups (broad SMARTS) is 1. The van der Waals surface area contributed by atoms with Crippen LogP contribution in [0, 0.1) is 0 Å². The number of rotatable bonds is 6. The van der Waals surface area contributed by atoms with E-state index in [9.17, 15) is 4.79 Å². The molecule has 0 spiro atoms. The monoisotopic (exact) mass is 217 g/mol. The Morgan fingerprint density at radius 3 is 2.27 bits per heavy atom. The van der Waals surface area contributed by atoms with Crippen LogP contribution in [0.5, 0.6) is 0 Å². The van der Waals surface area contributed by atoms with Gasteiger partial charge in [-0.05, 0) is 40.0 Å². The fraction of sp³-hybridized carbons (Fsp3) is 0.909. The highest BCUT2D eigenvalue weighted by Crippen LogP contribution is 2.16. The zero-order chi connectivity index (χ0) is 12.1. The third-order valence-corrected chi connectivity index (χ3v) is 2.36. The zero-order valence-electron chi connectivity index (χ0n) is 10.2. The first-order valence-corrected chi connectivity index (χ1v) is 5.37. The molecule has 0 aromatic heterocycles. The Balaban J connectivity index is 3.89. The quantitative estimate of drug-likeness (QED) is 0.665. The first-order chi connectivity index (χ1) is 6.71. The largest absolute Gasteiger partial charge is 0.480 e. The molecule has 0 saturated carbocycles. The van der Waals surface area contributed by atoms with Gasteiger partial charge in [0.25, 0.3) is 0 Å². The summed E-state index contributed by atoms with van der Waals surface area (Å²) in [6.45, 7) is 8.26. The van der Waals surface area contributed by atoms with Crippen molar-refractivity contribution in [1.29, 1.82) is 0 Å². The number of nitrogens with two attached hydrogens (primary N) is 1. The number of hydrogen-bond acceptors (Lipinski definition) is 3. The highest BCUT2D eigenvalue weighted by atomic mass is 16.5. The molecule has 0 aliphatic heterocycles. The van der Waals surface area contributed by atoms with Gasteiger partial charge in [0, 0.05) is 6.61 Å². The molecule has 0 saturated heterocycles. The predicted octanol–water partition coefficient (Wildman–Crippen LogP) is 1.77. The first-order valence-electron chi connectivity index (χ1n) is 5.37. The summed E-state index contributed by atoms with van der Waals surface area (Å²) in [5.74, 6) is -0.930. The molecule has 1 unspecified atom stereocenters. The van der Waals surface area contributed by atoms with E-state index >= 15 is 0 Å². The van der Waals surface area contributed by atoms with Crippen molar-refractivity contribution in [3.63, 3.8) is 0 Å². The van der Waals surface area contributed by atoms with Gasteiger partial charge in [-0.25, -0.2) is 0 Å². The van der Waals surface area contributed by atoms with Gasteiger partial charge in [-0.3, -0.25) is 4.79 Å². The molecule has 0 aromatic carbocycles. The smallest absolute Gasteiger partial charge is 0.323 e. The van der Waals surface area contributed by atoms with Crippen LogP contribution in [-0.4, -0.2) is 28.8 Å². The molecule has 0 heterocycles. The Morgan fingerprint density at radius 1 is 1.40 bits per heavy atom. The van der Waals surface area contributed by atoms with E-state index in [0.717, 1.165) is 0 Å². The molecule has 0 aliphatic rings. The topological polar surface area (TPSA) is 72.5 Å². The predicted molar refractivity (Wildman–Crippen MR) is 59.8 cm³/mol. The van der Waals surface area contributed by atoms with Crippen LogP contribution in [-0.2, 0) is 9.53 Å². The second-order valence-electron chi connectivity index (χ2n) is 4.88. The lowest BCUT2D eigenvalue weighted by atomic mass is 9.92. The van der Waals surface area contributed by atoms with Crippen molar-refractivity contribution < 1.29 is 14.6 Å². The summed E-state index contributed by atoms with van der Waals surface area (Å²) >= 11 is 0. The van der Waals surface area contributed by atoms with Gasteiger partial charge in [-0.2, -0.15) is 0 Å². The molecule has 15 heavy (non-hydrogen) atoms. The van der Waals surface area contributed by atoms with Gasteiger partial charge in [-0.1, -0.05) is 6.92 Å². The third kappa shape index (κ3) is 5.74. The van der Waals surface area contributed by atoms with Gasteiger partial charge in [0.1, 0.15) is 5.54 Å². The van der Waals surface area contributed by atoms with Gasteiger partial charge >= 0.3 is 5.97 Å². The summed E-state index contributed by atoms with van der Waals surface area (Å²) in [5.41, 5.74) is 4.46. The molecule has 90 valence electrons. The van der Waals surface area contributed by atoms with Crippen LogP contribution in [0.25, 0.3) is 0 Å². The molecule has 0 radical (unpaired) electrons. The van der Waals surface area contributed by atoms with E-state index in [4.69, 9.17) is 15.6 Å². The van der Waals surface area contributed by atoms with E-state index in [0.29, 0.717) is 25.9 Å². The number of hydrogen-bond donors (Lipinski definition) is 2. The van der Waals surface area contributed by atoms with Crippen LogP contribution in [0.4, 0.5) is 0 Å². The van der Waals surface area contributed by atoms with Crippen LogP contribution in [0.15, 0.2) is 0 Å². The van der Waals surface area contributed by atoms with Crippen LogP contribution < -0.4 is 5.73 Å². The average molecular weight is 217 g/mol. The summed E-state index contributed by atoms with van der Waals surface area (Å²) in [7, 11) is 0. The zero-order valence-corrected chi connectivity index (χ0v) is 10.2. The van der Waals surface area contributed by atoms with E-state index in [1.807, 2.05) is 20.8 Å². The van der Waals surface area contributed by atoms with Crippen molar-refractivity contribution in [1.82, 2.24) is 0 Å². The molecule has 0 aliphatic carbocycles. The second kappa shape index (κ2) is 5.47. The van der Waals surface area contributed by atoms with Crippen LogP contribution in [0.1, 0.15) is 47.0 Å². The molecule has 1 atom stereocenters. The summed E-state index contributed by atoms with van der Waals surface area (Å²) in [6.07, 6.45) is 1.57. The Morgan fingerprint density at radius 2 is 1.93 bits per heavy atom. The van der Waals surface area contributed by atoms with Gasteiger partial charge < -0.3 is 15.6 Å². The standard InChI is InChI=1S/C11H23NO3/c1-5-11(12,9(13)14)7-6-8-15-10(2,3)4/h5-8,12H2,1-4H3,(H,13,14). The Bertz CT molecular complexity index is 210. The van der Waals surface area contributed by atoms with Crippen LogP contribution in [0.3, 0.4) is 0 Å². The SMILES string of the molecule is CCC(N)(CCCOC(C)(C)C)C(=O)O. The normalized spacial score (nSPS) is 16.1. The minimum atomic E-state index is -1.10. The highest BCUT2D eigenvalue weighted by molar-refractivity contribution is 5.78. The maximum Gasteiger partial charge on any atom is 0.323 e. The van der Waals surface area contributed by atoms with Crippen LogP contribution in [0.2, 0.25) is 0 Å². The van der Waals surface area contributed by atoms with Gasteiger partial charge in [0.05, 0.1) is 5.60 Å². The fourth-order valence-electron chi connectivity index (χ4n) is 1.20. The number of ether oxygens (including phenoxy) is 1. The number of aliphatic carboxylic acids is 1. The molecule has 0 amide bonds. The van der Waals surface area contributed by atoms with Crippen molar-refractivity contribution in [2.75, 3.05) is 6.61 Å². The van der Waals surface area contributed by atoms with Gasteiger partial charge in [-0.15, -0.1) is 0 Å². The lowest BCUT2D eigenvalue weighted by molar-refractivity contribution is -0.144. The van der Waals surface area contributed by atoms with Crippen molar-refractivity contribution in [3.8, 4) is 0 Å². The van der Waals surface area contributed by atoms with E-state index in [2.05, 4.69) is 0 Å². The van der Waals surface area contributed by atoms with E-state index in [1.54, 1.807) is 6.92 Å². The maximum absolute atomic E-state index is 10.9.